The molecule has 0 bridgehead atoms. The summed E-state index contributed by atoms with van der Waals surface area (Å²) in [5.41, 5.74) is 2.95. The first-order chi connectivity index (χ1) is 9.19. The molecule has 3 heteroatoms. The number of likely N-dealkylation sites (N-methyl/N-ethyl adjacent to an activating group) is 2. The van der Waals surface area contributed by atoms with Crippen LogP contribution in [-0.4, -0.2) is 44.3 Å². The number of nitrogens with one attached hydrogen (secondary N) is 1. The van der Waals surface area contributed by atoms with Gasteiger partial charge in [-0.2, -0.15) is 0 Å². The van der Waals surface area contributed by atoms with Gasteiger partial charge in [0.25, 0.3) is 0 Å². The molecule has 0 saturated carbocycles. The molecule has 3 unspecified atom stereocenters. The van der Waals surface area contributed by atoms with Crippen LogP contribution in [-0.2, 0) is 11.2 Å². The van der Waals surface area contributed by atoms with Gasteiger partial charge in [0.2, 0.25) is 0 Å². The van der Waals surface area contributed by atoms with E-state index in [0.717, 1.165) is 19.6 Å². The van der Waals surface area contributed by atoms with Crippen molar-refractivity contribution in [2.45, 2.75) is 38.4 Å². The summed E-state index contributed by atoms with van der Waals surface area (Å²) in [6.45, 7) is 6.19. The second-order valence-corrected chi connectivity index (χ2v) is 5.48. The minimum Gasteiger partial charge on any atom is -0.383 e. The van der Waals surface area contributed by atoms with Gasteiger partial charge in [0.05, 0.1) is 6.61 Å². The highest BCUT2D eigenvalue weighted by molar-refractivity contribution is 5.37. The molecule has 3 atom stereocenters. The standard InChI is InChI=1S/C16H26N2O/c1-5-17-16-14-9-7-6-8-13(14)10-15(16)18(3)12(2)11-19-4/h6-9,12,15-17H,5,10-11H2,1-4H3. The molecule has 0 amide bonds. The third-order valence-corrected chi connectivity index (χ3v) is 4.25. The number of nitrogens with zero attached hydrogens (tertiary/aromatic N) is 1. The number of hydrogen-bond donors (Lipinski definition) is 1. The van der Waals surface area contributed by atoms with Crippen LogP contribution in [0.2, 0.25) is 0 Å². The molecule has 3 nitrogen and oxygen atoms in total. The zero-order valence-corrected chi connectivity index (χ0v) is 12.5. The Morgan fingerprint density at radius 2 is 2.16 bits per heavy atom. The van der Waals surface area contributed by atoms with Crippen LogP contribution in [0, 0.1) is 0 Å². The average Bonchev–Trinajstić information content (AvgIpc) is 2.78. The van der Waals surface area contributed by atoms with Crippen molar-refractivity contribution in [1.29, 1.82) is 0 Å². The highest BCUT2D eigenvalue weighted by Crippen LogP contribution is 2.34. The lowest BCUT2D eigenvalue weighted by Gasteiger charge is -2.34. The Hall–Kier alpha value is -0.900. The van der Waals surface area contributed by atoms with Gasteiger partial charge in [-0.25, -0.2) is 0 Å². The van der Waals surface area contributed by atoms with Crippen LogP contribution in [0.3, 0.4) is 0 Å². The SMILES string of the molecule is CCNC1c2ccccc2CC1N(C)C(C)COC. The molecule has 0 fully saturated rings. The molecule has 0 saturated heterocycles. The molecule has 0 heterocycles. The van der Waals surface area contributed by atoms with E-state index in [0.29, 0.717) is 18.1 Å². The normalized spacial score (nSPS) is 23.6. The summed E-state index contributed by atoms with van der Waals surface area (Å²) < 4.78 is 5.29. The number of benzene rings is 1. The monoisotopic (exact) mass is 262 g/mol. The number of fused-ring (bicyclic) bond motifs is 1. The molecule has 0 aliphatic heterocycles. The van der Waals surface area contributed by atoms with Crippen molar-refractivity contribution >= 4 is 0 Å². The Morgan fingerprint density at radius 3 is 2.84 bits per heavy atom. The molecule has 0 spiro atoms. The maximum Gasteiger partial charge on any atom is 0.0615 e. The maximum absolute atomic E-state index is 5.29. The number of rotatable bonds is 6. The topological polar surface area (TPSA) is 24.5 Å². The first-order valence-electron chi connectivity index (χ1n) is 7.21. The van der Waals surface area contributed by atoms with E-state index in [1.807, 2.05) is 0 Å². The van der Waals surface area contributed by atoms with Crippen molar-refractivity contribution in [2.24, 2.45) is 0 Å². The van der Waals surface area contributed by atoms with E-state index in [2.05, 4.69) is 55.4 Å². The first-order valence-corrected chi connectivity index (χ1v) is 7.21. The van der Waals surface area contributed by atoms with Crippen molar-refractivity contribution in [3.05, 3.63) is 35.4 Å². The fourth-order valence-electron chi connectivity index (χ4n) is 3.10. The van der Waals surface area contributed by atoms with E-state index in [9.17, 15) is 0 Å². The average molecular weight is 262 g/mol. The third kappa shape index (κ3) is 2.99. The molecule has 0 radical (unpaired) electrons. The van der Waals surface area contributed by atoms with Crippen molar-refractivity contribution in [1.82, 2.24) is 10.2 Å². The summed E-state index contributed by atoms with van der Waals surface area (Å²) in [5, 5.41) is 3.65. The fraction of sp³-hybridized carbons (Fsp3) is 0.625. The maximum atomic E-state index is 5.29. The zero-order valence-electron chi connectivity index (χ0n) is 12.5. The van der Waals surface area contributed by atoms with Gasteiger partial charge < -0.3 is 10.1 Å². The molecule has 106 valence electrons. The van der Waals surface area contributed by atoms with E-state index in [4.69, 9.17) is 4.74 Å². The van der Waals surface area contributed by atoms with E-state index in [-0.39, 0.29) is 0 Å². The molecule has 1 aromatic carbocycles. The summed E-state index contributed by atoms with van der Waals surface area (Å²) in [7, 11) is 3.99. The second kappa shape index (κ2) is 6.51. The van der Waals surface area contributed by atoms with Gasteiger partial charge in [0, 0.05) is 25.2 Å². The zero-order chi connectivity index (χ0) is 13.8. The number of ether oxygens (including phenoxy) is 1. The first kappa shape index (κ1) is 14.5. The molecular formula is C16H26N2O. The predicted molar refractivity (Wildman–Crippen MR) is 79.5 cm³/mol. The van der Waals surface area contributed by atoms with Crippen LogP contribution in [0.15, 0.2) is 24.3 Å². The Balaban J connectivity index is 2.18. The van der Waals surface area contributed by atoms with Crippen LogP contribution in [0.5, 0.6) is 0 Å². The van der Waals surface area contributed by atoms with Crippen LogP contribution >= 0.6 is 0 Å². The van der Waals surface area contributed by atoms with E-state index in [1.54, 1.807) is 7.11 Å². The fourth-order valence-corrected chi connectivity index (χ4v) is 3.10. The third-order valence-electron chi connectivity index (χ3n) is 4.25. The van der Waals surface area contributed by atoms with Gasteiger partial charge in [-0.15, -0.1) is 0 Å². The summed E-state index contributed by atoms with van der Waals surface area (Å²) in [5.74, 6) is 0. The summed E-state index contributed by atoms with van der Waals surface area (Å²) in [4.78, 5) is 2.46. The van der Waals surface area contributed by atoms with E-state index >= 15 is 0 Å². The molecule has 2 rings (SSSR count). The largest absolute Gasteiger partial charge is 0.383 e. The van der Waals surface area contributed by atoms with Gasteiger partial charge in [-0.1, -0.05) is 31.2 Å². The molecule has 1 aliphatic carbocycles. The lowest BCUT2D eigenvalue weighted by atomic mass is 10.1. The molecular weight excluding hydrogens is 236 g/mol. The van der Waals surface area contributed by atoms with Gasteiger partial charge in [0.1, 0.15) is 0 Å². The van der Waals surface area contributed by atoms with Crippen LogP contribution in [0.1, 0.15) is 31.0 Å². The van der Waals surface area contributed by atoms with Crippen LogP contribution in [0.25, 0.3) is 0 Å². The molecule has 1 N–H and O–H groups in total. The van der Waals surface area contributed by atoms with Crippen LogP contribution < -0.4 is 5.32 Å². The second-order valence-electron chi connectivity index (χ2n) is 5.48. The van der Waals surface area contributed by atoms with Crippen molar-refractivity contribution in [2.75, 3.05) is 27.3 Å². The minimum atomic E-state index is 0.436. The van der Waals surface area contributed by atoms with E-state index in [1.165, 1.54) is 11.1 Å². The minimum absolute atomic E-state index is 0.436. The van der Waals surface area contributed by atoms with Crippen molar-refractivity contribution in [3.8, 4) is 0 Å². The summed E-state index contributed by atoms with van der Waals surface area (Å²) in [6, 6.07) is 10.2. The number of hydrogen-bond acceptors (Lipinski definition) is 3. The quantitative estimate of drug-likeness (QED) is 0.851. The van der Waals surface area contributed by atoms with Gasteiger partial charge in [-0.3, -0.25) is 4.90 Å². The van der Waals surface area contributed by atoms with Crippen molar-refractivity contribution in [3.63, 3.8) is 0 Å². The Morgan fingerprint density at radius 1 is 1.42 bits per heavy atom. The number of methoxy groups -OCH3 is 1. The highest BCUT2D eigenvalue weighted by Gasteiger charge is 2.35. The Kier molecular flexibility index (Phi) is 4.97. The summed E-state index contributed by atoms with van der Waals surface area (Å²) >= 11 is 0. The molecule has 19 heavy (non-hydrogen) atoms. The van der Waals surface area contributed by atoms with Gasteiger partial charge in [-0.05, 0) is 38.1 Å². The predicted octanol–water partition coefficient (Wildman–Crippen LogP) is 2.23. The molecule has 1 aliphatic rings. The summed E-state index contributed by atoms with van der Waals surface area (Å²) in [6.07, 6.45) is 1.12. The van der Waals surface area contributed by atoms with Crippen molar-refractivity contribution < 1.29 is 4.74 Å². The smallest absolute Gasteiger partial charge is 0.0615 e. The lowest BCUT2D eigenvalue weighted by molar-refractivity contribution is 0.0795. The molecule has 0 aromatic heterocycles. The Labute approximate surface area is 116 Å². The van der Waals surface area contributed by atoms with Crippen LogP contribution in [0.4, 0.5) is 0 Å². The van der Waals surface area contributed by atoms with E-state index < -0.39 is 0 Å². The lowest BCUT2D eigenvalue weighted by Crippen LogP contribution is -2.46. The highest BCUT2D eigenvalue weighted by atomic mass is 16.5. The molecule has 1 aromatic rings. The van der Waals surface area contributed by atoms with Gasteiger partial charge >= 0.3 is 0 Å². The Bertz CT molecular complexity index is 407. The van der Waals surface area contributed by atoms with Gasteiger partial charge in [0.15, 0.2) is 0 Å².